The van der Waals surface area contributed by atoms with E-state index >= 15 is 0 Å². The van der Waals surface area contributed by atoms with Gasteiger partial charge in [0.25, 0.3) is 5.91 Å². The molecule has 0 aliphatic heterocycles. The van der Waals surface area contributed by atoms with Gasteiger partial charge in [-0.15, -0.1) is 0 Å². The normalized spacial score (nSPS) is 18.9. The zero-order valence-corrected chi connectivity index (χ0v) is 12.1. The molecule has 1 aromatic rings. The van der Waals surface area contributed by atoms with E-state index in [4.69, 9.17) is 5.11 Å². The van der Waals surface area contributed by atoms with Gasteiger partial charge in [0, 0.05) is 18.5 Å². The number of carbonyl (C=O) groups excluding carboxylic acids is 1. The molecule has 1 aromatic carbocycles. The molecule has 1 aliphatic carbocycles. The summed E-state index contributed by atoms with van der Waals surface area (Å²) in [5.74, 6) is 6.32. The van der Waals surface area contributed by atoms with Crippen LogP contribution in [0.1, 0.15) is 42.6 Å². The van der Waals surface area contributed by atoms with Crippen molar-refractivity contribution in [2.75, 3.05) is 13.2 Å². The summed E-state index contributed by atoms with van der Waals surface area (Å²) in [4.78, 5) is 12.2. The molecule has 1 amide bonds. The van der Waals surface area contributed by atoms with E-state index in [2.05, 4.69) is 31.0 Å². The minimum absolute atomic E-state index is 0.0398. The molecule has 0 heterocycles. The highest BCUT2D eigenvalue weighted by Gasteiger charge is 2.45. The molecular formula is C17H21NO2. The monoisotopic (exact) mass is 271 g/mol. The second-order valence-corrected chi connectivity index (χ2v) is 5.92. The molecule has 0 radical (unpaired) electrons. The quantitative estimate of drug-likeness (QED) is 0.825. The van der Waals surface area contributed by atoms with Crippen molar-refractivity contribution in [3.63, 3.8) is 0 Å². The van der Waals surface area contributed by atoms with Gasteiger partial charge >= 0.3 is 0 Å². The van der Waals surface area contributed by atoms with E-state index < -0.39 is 0 Å². The Hall–Kier alpha value is -1.79. The summed E-state index contributed by atoms with van der Waals surface area (Å²) < 4.78 is 0. The van der Waals surface area contributed by atoms with Gasteiger partial charge in [-0.05, 0) is 29.9 Å². The standard InChI is InChI=1S/C17H21NO2/c1-17(2)11-14(17)12-18-16(20)15-9-4-3-7-13(15)8-5-6-10-19/h3-4,7,9,14,19H,6,10-12H2,1-2H3,(H,18,20). The molecule has 3 nitrogen and oxygen atoms in total. The lowest BCUT2D eigenvalue weighted by Gasteiger charge is -2.08. The van der Waals surface area contributed by atoms with Gasteiger partial charge < -0.3 is 10.4 Å². The molecule has 2 rings (SSSR count). The van der Waals surface area contributed by atoms with Crippen molar-refractivity contribution in [2.45, 2.75) is 26.7 Å². The topological polar surface area (TPSA) is 49.3 Å². The second-order valence-electron chi connectivity index (χ2n) is 5.92. The van der Waals surface area contributed by atoms with Crippen molar-refractivity contribution in [1.29, 1.82) is 0 Å². The summed E-state index contributed by atoms with van der Waals surface area (Å²) in [5, 5.41) is 11.7. The smallest absolute Gasteiger partial charge is 0.252 e. The summed E-state index contributed by atoms with van der Waals surface area (Å²) in [6.45, 7) is 5.21. The first-order chi connectivity index (χ1) is 9.54. The van der Waals surface area contributed by atoms with E-state index in [9.17, 15) is 4.79 Å². The van der Waals surface area contributed by atoms with Gasteiger partial charge in [0.1, 0.15) is 0 Å². The van der Waals surface area contributed by atoms with E-state index in [1.54, 1.807) is 6.07 Å². The summed E-state index contributed by atoms with van der Waals surface area (Å²) in [7, 11) is 0. The van der Waals surface area contributed by atoms with Crippen LogP contribution in [0.25, 0.3) is 0 Å². The second kappa shape index (κ2) is 6.11. The van der Waals surface area contributed by atoms with Crippen molar-refractivity contribution < 1.29 is 9.90 Å². The Bertz CT molecular complexity index is 552. The van der Waals surface area contributed by atoms with Crippen LogP contribution in [0.3, 0.4) is 0 Å². The predicted molar refractivity (Wildman–Crippen MR) is 79.2 cm³/mol. The van der Waals surface area contributed by atoms with Gasteiger partial charge in [-0.25, -0.2) is 0 Å². The first-order valence-electron chi connectivity index (χ1n) is 7.01. The molecule has 106 valence electrons. The summed E-state index contributed by atoms with van der Waals surface area (Å²) in [5.41, 5.74) is 1.69. The number of nitrogens with one attached hydrogen (secondary N) is 1. The van der Waals surface area contributed by atoms with Crippen LogP contribution in [0, 0.1) is 23.2 Å². The molecule has 20 heavy (non-hydrogen) atoms. The van der Waals surface area contributed by atoms with E-state index in [0.717, 1.165) is 6.54 Å². The van der Waals surface area contributed by atoms with Gasteiger partial charge in [-0.2, -0.15) is 0 Å². The molecule has 1 aliphatic rings. The fraction of sp³-hybridized carbons (Fsp3) is 0.471. The number of aliphatic hydroxyl groups excluding tert-OH is 1. The van der Waals surface area contributed by atoms with Crippen LogP contribution in [0.5, 0.6) is 0 Å². The summed E-state index contributed by atoms with van der Waals surface area (Å²) >= 11 is 0. The Kier molecular flexibility index (Phi) is 4.46. The number of benzene rings is 1. The first kappa shape index (κ1) is 14.6. The molecule has 1 saturated carbocycles. The Morgan fingerprint density at radius 2 is 2.15 bits per heavy atom. The fourth-order valence-corrected chi connectivity index (χ4v) is 2.24. The highest BCUT2D eigenvalue weighted by atomic mass is 16.2. The van der Waals surface area contributed by atoms with Crippen molar-refractivity contribution in [1.82, 2.24) is 5.32 Å². The average molecular weight is 271 g/mol. The maximum absolute atomic E-state index is 12.2. The number of rotatable bonds is 4. The van der Waals surface area contributed by atoms with E-state index in [0.29, 0.717) is 28.9 Å². The van der Waals surface area contributed by atoms with E-state index in [1.807, 2.05) is 18.2 Å². The van der Waals surface area contributed by atoms with Gasteiger partial charge in [0.05, 0.1) is 12.2 Å². The number of hydrogen-bond acceptors (Lipinski definition) is 2. The molecule has 1 atom stereocenters. The lowest BCUT2D eigenvalue weighted by molar-refractivity contribution is 0.0950. The molecule has 0 saturated heterocycles. The van der Waals surface area contributed by atoms with Crippen molar-refractivity contribution in [3.8, 4) is 11.8 Å². The number of carbonyl (C=O) groups is 1. The third-order valence-electron chi connectivity index (χ3n) is 3.86. The van der Waals surface area contributed by atoms with Gasteiger partial charge in [0.2, 0.25) is 0 Å². The Balaban J connectivity index is 2.01. The molecule has 0 spiro atoms. The van der Waals surface area contributed by atoms with Crippen LogP contribution in [-0.4, -0.2) is 24.2 Å². The maximum atomic E-state index is 12.2. The van der Waals surface area contributed by atoms with E-state index in [1.165, 1.54) is 6.42 Å². The molecule has 1 fully saturated rings. The van der Waals surface area contributed by atoms with Crippen molar-refractivity contribution in [3.05, 3.63) is 35.4 Å². The van der Waals surface area contributed by atoms with Crippen LogP contribution in [-0.2, 0) is 0 Å². The molecular weight excluding hydrogens is 250 g/mol. The van der Waals surface area contributed by atoms with E-state index in [-0.39, 0.29) is 12.5 Å². The zero-order chi connectivity index (χ0) is 14.6. The van der Waals surface area contributed by atoms with Gasteiger partial charge in [0.15, 0.2) is 0 Å². The lowest BCUT2D eigenvalue weighted by Crippen LogP contribution is -2.27. The number of aliphatic hydroxyl groups is 1. The Labute approximate surface area is 120 Å². The largest absolute Gasteiger partial charge is 0.395 e. The third kappa shape index (κ3) is 3.61. The van der Waals surface area contributed by atoms with Gasteiger partial charge in [-0.3, -0.25) is 4.79 Å². The fourth-order valence-electron chi connectivity index (χ4n) is 2.24. The van der Waals surface area contributed by atoms with Crippen molar-refractivity contribution >= 4 is 5.91 Å². The molecule has 3 heteroatoms. The van der Waals surface area contributed by atoms with Crippen LogP contribution in [0.2, 0.25) is 0 Å². The lowest BCUT2D eigenvalue weighted by atomic mass is 10.1. The van der Waals surface area contributed by atoms with Crippen molar-refractivity contribution in [2.24, 2.45) is 11.3 Å². The zero-order valence-electron chi connectivity index (χ0n) is 12.1. The molecule has 2 N–H and O–H groups in total. The Morgan fingerprint density at radius 1 is 1.45 bits per heavy atom. The minimum Gasteiger partial charge on any atom is -0.395 e. The van der Waals surface area contributed by atoms with Gasteiger partial charge in [-0.1, -0.05) is 37.8 Å². The van der Waals surface area contributed by atoms with Crippen LogP contribution < -0.4 is 5.32 Å². The van der Waals surface area contributed by atoms with Crippen LogP contribution in [0.4, 0.5) is 0 Å². The summed E-state index contributed by atoms with van der Waals surface area (Å²) in [6.07, 6.45) is 1.59. The van der Waals surface area contributed by atoms with Crippen LogP contribution >= 0.6 is 0 Å². The average Bonchev–Trinajstić information content (AvgIpc) is 3.04. The highest BCUT2D eigenvalue weighted by molar-refractivity contribution is 5.96. The highest BCUT2D eigenvalue weighted by Crippen LogP contribution is 2.50. The number of hydrogen-bond donors (Lipinski definition) is 2. The third-order valence-corrected chi connectivity index (χ3v) is 3.86. The SMILES string of the molecule is CC1(C)CC1CNC(=O)c1ccccc1C#CCCO. The molecule has 1 unspecified atom stereocenters. The minimum atomic E-state index is -0.0680. The molecule has 0 aromatic heterocycles. The van der Waals surface area contributed by atoms with Crippen LogP contribution in [0.15, 0.2) is 24.3 Å². The Morgan fingerprint density at radius 3 is 2.80 bits per heavy atom. The summed E-state index contributed by atoms with van der Waals surface area (Å²) in [6, 6.07) is 7.33. The predicted octanol–water partition coefficient (Wildman–Crippen LogP) is 2.20. The first-order valence-corrected chi connectivity index (χ1v) is 7.01. The maximum Gasteiger partial charge on any atom is 0.252 e. The number of amides is 1. The molecule has 0 bridgehead atoms.